The van der Waals surface area contributed by atoms with Gasteiger partial charge in [0, 0.05) is 0 Å². The van der Waals surface area contributed by atoms with Gasteiger partial charge in [0.15, 0.2) is 23.2 Å². The molecule has 20 heavy (non-hydrogen) atoms. The van der Waals surface area contributed by atoms with Crippen LogP contribution in [0.25, 0.3) is 11.2 Å². The molecule has 3 rings (SSSR count). The van der Waals surface area contributed by atoms with Crippen LogP contribution in [0.2, 0.25) is 5.28 Å². The van der Waals surface area contributed by atoms with E-state index in [0.717, 1.165) is 0 Å². The molecule has 108 valence electrons. The van der Waals surface area contributed by atoms with Gasteiger partial charge >= 0.3 is 0 Å². The summed E-state index contributed by atoms with van der Waals surface area (Å²) in [5, 5.41) is 28.9. The zero-order chi connectivity index (χ0) is 14.4. The van der Waals surface area contributed by atoms with Crippen LogP contribution in [0.5, 0.6) is 0 Å². The molecule has 0 bridgehead atoms. The van der Waals surface area contributed by atoms with Gasteiger partial charge in [-0.05, 0) is 11.6 Å². The van der Waals surface area contributed by atoms with E-state index in [4.69, 9.17) is 27.2 Å². The van der Waals surface area contributed by atoms with Crippen molar-refractivity contribution in [1.82, 2.24) is 19.5 Å². The molecule has 0 aromatic carbocycles. The second-order valence-electron chi connectivity index (χ2n) is 4.41. The van der Waals surface area contributed by atoms with Gasteiger partial charge in [-0.3, -0.25) is 4.57 Å². The van der Waals surface area contributed by atoms with Gasteiger partial charge in [0.1, 0.15) is 24.6 Å². The summed E-state index contributed by atoms with van der Waals surface area (Å²) in [4.78, 5) is 11.8. The van der Waals surface area contributed by atoms with Gasteiger partial charge in [0.2, 0.25) is 5.28 Å². The number of nitrogens with two attached hydrogens (primary N) is 1. The molecule has 0 aliphatic carbocycles. The second-order valence-corrected chi connectivity index (χ2v) is 4.75. The Morgan fingerprint density at radius 1 is 1.35 bits per heavy atom. The van der Waals surface area contributed by atoms with Gasteiger partial charge < -0.3 is 25.8 Å². The number of aliphatic hydroxyl groups excluding tert-OH is 3. The van der Waals surface area contributed by atoms with Crippen LogP contribution in [0.4, 0.5) is 5.82 Å². The number of hydrogen-bond acceptors (Lipinski definition) is 8. The van der Waals surface area contributed by atoms with Gasteiger partial charge in [-0.1, -0.05) is 0 Å². The van der Waals surface area contributed by atoms with Gasteiger partial charge in [0.25, 0.3) is 0 Å². The van der Waals surface area contributed by atoms with Crippen LogP contribution in [0, 0.1) is 0 Å². The van der Waals surface area contributed by atoms with Crippen LogP contribution >= 0.6 is 11.6 Å². The first-order valence-corrected chi connectivity index (χ1v) is 6.18. The first-order chi connectivity index (χ1) is 9.54. The Morgan fingerprint density at radius 2 is 2.10 bits per heavy atom. The molecule has 1 aliphatic heterocycles. The van der Waals surface area contributed by atoms with E-state index in [1.54, 1.807) is 0 Å². The number of nitrogens with zero attached hydrogens (tertiary/aromatic N) is 4. The minimum Gasteiger partial charge on any atom is -0.394 e. The summed E-state index contributed by atoms with van der Waals surface area (Å²) in [6, 6.07) is 0. The third-order valence-corrected chi connectivity index (χ3v) is 3.50. The minimum absolute atomic E-state index is 0.0120. The van der Waals surface area contributed by atoms with Crippen molar-refractivity contribution in [1.29, 1.82) is 0 Å². The van der Waals surface area contributed by atoms with E-state index in [1.807, 2.05) is 0 Å². The van der Waals surface area contributed by atoms with Crippen molar-refractivity contribution in [2.75, 3.05) is 12.3 Å². The number of halogens is 1. The van der Waals surface area contributed by atoms with E-state index >= 15 is 0 Å². The van der Waals surface area contributed by atoms with Crippen molar-refractivity contribution in [3.8, 4) is 0 Å². The third kappa shape index (κ3) is 1.83. The molecule has 2 aromatic heterocycles. The average Bonchev–Trinajstić information content (AvgIpc) is 2.90. The summed E-state index contributed by atoms with van der Waals surface area (Å²) in [6.07, 6.45) is -3.22. The van der Waals surface area contributed by atoms with E-state index in [1.165, 1.54) is 10.9 Å². The van der Waals surface area contributed by atoms with Crippen molar-refractivity contribution in [2.45, 2.75) is 24.5 Å². The molecule has 3 heterocycles. The van der Waals surface area contributed by atoms with Crippen molar-refractivity contribution in [3.63, 3.8) is 0 Å². The quantitative estimate of drug-likeness (QED) is 0.500. The molecule has 1 aliphatic rings. The molecule has 10 heteroatoms. The lowest BCUT2D eigenvalue weighted by molar-refractivity contribution is -0.0509. The Hall–Kier alpha value is -1.52. The van der Waals surface area contributed by atoms with Crippen molar-refractivity contribution >= 4 is 28.6 Å². The minimum atomic E-state index is -1.28. The number of anilines is 1. The number of rotatable bonds is 2. The molecule has 0 amide bonds. The fraction of sp³-hybridized carbons (Fsp3) is 0.500. The summed E-state index contributed by atoms with van der Waals surface area (Å²) in [7, 11) is 0. The SMILES string of the molecule is Nc1ncnc2c1nc(Cl)n2[C@H]1O[C@@H](CO)[C@@H](O)[C@@H]1O. The predicted molar refractivity (Wildman–Crippen MR) is 67.8 cm³/mol. The lowest BCUT2D eigenvalue weighted by Gasteiger charge is -2.17. The molecular weight excluding hydrogens is 290 g/mol. The molecule has 0 radical (unpaired) electrons. The number of imidazole rings is 1. The number of nitrogen functional groups attached to an aromatic ring is 1. The number of ether oxygens (including phenoxy) is 1. The van der Waals surface area contributed by atoms with Crippen LogP contribution in [0.3, 0.4) is 0 Å². The summed E-state index contributed by atoms with van der Waals surface area (Å²) >= 11 is 6.02. The number of hydrogen-bond donors (Lipinski definition) is 4. The highest BCUT2D eigenvalue weighted by Gasteiger charge is 2.44. The second kappa shape index (κ2) is 4.79. The van der Waals surface area contributed by atoms with Gasteiger partial charge in [-0.25, -0.2) is 15.0 Å². The predicted octanol–water partition coefficient (Wildman–Crippen LogP) is -1.33. The fourth-order valence-corrected chi connectivity index (χ4v) is 2.48. The average molecular weight is 302 g/mol. The third-order valence-electron chi connectivity index (χ3n) is 3.23. The van der Waals surface area contributed by atoms with Crippen LogP contribution in [-0.2, 0) is 4.74 Å². The van der Waals surface area contributed by atoms with Crippen molar-refractivity contribution < 1.29 is 20.1 Å². The van der Waals surface area contributed by atoms with Crippen LogP contribution in [-0.4, -0.2) is 59.8 Å². The summed E-state index contributed by atoms with van der Waals surface area (Å²) in [5.41, 5.74) is 6.22. The standard InChI is InChI=1S/C10H12ClN5O4/c11-10-15-4-7(12)13-2-14-8(4)16(10)9-6(19)5(18)3(1-17)20-9/h2-3,5-6,9,17-19H,1H2,(H2,12,13,14)/t3-,5+,6-,9-/m0/s1. The highest BCUT2D eigenvalue weighted by atomic mass is 35.5. The molecule has 4 atom stereocenters. The molecule has 0 spiro atoms. The van der Waals surface area contributed by atoms with E-state index in [9.17, 15) is 10.2 Å². The first-order valence-electron chi connectivity index (χ1n) is 5.81. The zero-order valence-corrected chi connectivity index (χ0v) is 10.8. The molecule has 2 aromatic rings. The maximum Gasteiger partial charge on any atom is 0.207 e. The Morgan fingerprint density at radius 3 is 2.75 bits per heavy atom. The highest BCUT2D eigenvalue weighted by Crippen LogP contribution is 2.34. The Kier molecular flexibility index (Phi) is 3.22. The van der Waals surface area contributed by atoms with Gasteiger partial charge in [0.05, 0.1) is 6.61 Å². The maximum absolute atomic E-state index is 10.0. The molecule has 0 saturated carbocycles. The van der Waals surface area contributed by atoms with E-state index < -0.39 is 31.1 Å². The number of aromatic nitrogens is 4. The fourth-order valence-electron chi connectivity index (χ4n) is 2.22. The number of fused-ring (bicyclic) bond motifs is 1. The van der Waals surface area contributed by atoms with Crippen LogP contribution < -0.4 is 5.73 Å². The first kappa shape index (κ1) is 13.5. The lowest BCUT2D eigenvalue weighted by atomic mass is 10.1. The summed E-state index contributed by atoms with van der Waals surface area (Å²) in [6.45, 7) is -0.434. The Balaban J connectivity index is 2.11. The van der Waals surface area contributed by atoms with Gasteiger partial charge in [-0.15, -0.1) is 0 Å². The highest BCUT2D eigenvalue weighted by molar-refractivity contribution is 6.29. The van der Waals surface area contributed by atoms with E-state index in [2.05, 4.69) is 15.0 Å². The maximum atomic E-state index is 10.0. The Labute approximate surface area is 117 Å². The molecule has 9 nitrogen and oxygen atoms in total. The topological polar surface area (TPSA) is 140 Å². The summed E-state index contributed by atoms with van der Waals surface area (Å²) in [5.74, 6) is 0.141. The van der Waals surface area contributed by atoms with E-state index in [0.29, 0.717) is 0 Å². The van der Waals surface area contributed by atoms with Crippen molar-refractivity contribution in [3.05, 3.63) is 11.6 Å². The Bertz CT molecular complexity index is 650. The molecule has 1 saturated heterocycles. The lowest BCUT2D eigenvalue weighted by Crippen LogP contribution is -2.33. The van der Waals surface area contributed by atoms with E-state index in [-0.39, 0.29) is 22.3 Å². The van der Waals surface area contributed by atoms with Crippen LogP contribution in [0.15, 0.2) is 6.33 Å². The molecule has 5 N–H and O–H groups in total. The number of aliphatic hydroxyl groups is 3. The smallest absolute Gasteiger partial charge is 0.207 e. The largest absolute Gasteiger partial charge is 0.394 e. The molecule has 1 fully saturated rings. The molecule has 0 unspecified atom stereocenters. The molecular formula is C10H12ClN5O4. The monoisotopic (exact) mass is 301 g/mol. The van der Waals surface area contributed by atoms with Crippen LogP contribution in [0.1, 0.15) is 6.23 Å². The van der Waals surface area contributed by atoms with Gasteiger partial charge in [-0.2, -0.15) is 0 Å². The summed E-state index contributed by atoms with van der Waals surface area (Å²) < 4.78 is 6.70. The zero-order valence-electron chi connectivity index (χ0n) is 10.1. The van der Waals surface area contributed by atoms with Crippen molar-refractivity contribution in [2.24, 2.45) is 0 Å². The normalized spacial score (nSPS) is 30.2.